The van der Waals surface area contributed by atoms with Gasteiger partial charge in [0, 0.05) is 15.8 Å². The summed E-state index contributed by atoms with van der Waals surface area (Å²) in [5, 5.41) is 3.48. The third-order valence-electron chi connectivity index (χ3n) is 3.48. The zero-order chi connectivity index (χ0) is 9.54. The molecule has 0 spiro atoms. The molecule has 1 aromatic rings. The molecule has 1 unspecified atom stereocenters. The molecule has 1 aromatic heterocycles. The molecule has 0 bridgehead atoms. The van der Waals surface area contributed by atoms with Gasteiger partial charge in [-0.2, -0.15) is 0 Å². The van der Waals surface area contributed by atoms with Crippen LogP contribution in [0.5, 0.6) is 0 Å². The molecule has 76 valence electrons. The van der Waals surface area contributed by atoms with Crippen LogP contribution >= 0.6 is 11.3 Å². The van der Waals surface area contributed by atoms with Crippen LogP contribution in [0.3, 0.4) is 0 Å². The molecular formula is C12H17NS. The summed E-state index contributed by atoms with van der Waals surface area (Å²) in [5.74, 6) is 0.929. The zero-order valence-corrected chi connectivity index (χ0v) is 9.49. The first-order valence-electron chi connectivity index (χ1n) is 5.67. The summed E-state index contributed by atoms with van der Waals surface area (Å²) in [5.41, 5.74) is 1.64. The Labute approximate surface area is 89.5 Å². The number of thiophene rings is 1. The molecule has 2 aliphatic rings. The fraction of sp³-hybridized carbons (Fsp3) is 0.667. The van der Waals surface area contributed by atoms with Crippen LogP contribution in [-0.4, -0.2) is 7.05 Å². The normalized spacial score (nSPS) is 22.4. The molecule has 3 rings (SSSR count). The fourth-order valence-electron chi connectivity index (χ4n) is 2.55. The van der Waals surface area contributed by atoms with Gasteiger partial charge in [-0.1, -0.05) is 0 Å². The van der Waals surface area contributed by atoms with Gasteiger partial charge in [-0.3, -0.25) is 0 Å². The first kappa shape index (κ1) is 8.93. The van der Waals surface area contributed by atoms with E-state index in [-0.39, 0.29) is 0 Å². The molecule has 1 N–H and O–H groups in total. The molecule has 1 atom stereocenters. The Morgan fingerprint density at radius 2 is 2.29 bits per heavy atom. The van der Waals surface area contributed by atoms with Gasteiger partial charge in [-0.05, 0) is 56.7 Å². The second-order valence-electron chi connectivity index (χ2n) is 4.55. The molecule has 1 heterocycles. The highest BCUT2D eigenvalue weighted by Gasteiger charge is 2.33. The number of rotatable bonds is 3. The molecule has 0 radical (unpaired) electrons. The number of hydrogen-bond donors (Lipinski definition) is 1. The van der Waals surface area contributed by atoms with Crippen molar-refractivity contribution in [3.8, 4) is 0 Å². The van der Waals surface area contributed by atoms with Crippen molar-refractivity contribution >= 4 is 11.3 Å². The maximum absolute atomic E-state index is 3.48. The predicted octanol–water partition coefficient (Wildman–Crippen LogP) is 2.91. The van der Waals surface area contributed by atoms with Gasteiger partial charge in [0.1, 0.15) is 0 Å². The van der Waals surface area contributed by atoms with E-state index in [1.807, 2.05) is 0 Å². The number of aryl methyl sites for hydroxylation is 2. The summed E-state index contributed by atoms with van der Waals surface area (Å²) in [6, 6.07) is 3.12. The van der Waals surface area contributed by atoms with Crippen LogP contribution < -0.4 is 5.32 Å². The SMILES string of the molecule is CNC(c1cc2c(s1)CCC2)C1CC1. The summed E-state index contributed by atoms with van der Waals surface area (Å²) in [4.78, 5) is 3.26. The molecule has 1 saturated carbocycles. The maximum atomic E-state index is 3.48. The Hall–Kier alpha value is -0.340. The fourth-order valence-corrected chi connectivity index (χ4v) is 4.01. The first-order valence-corrected chi connectivity index (χ1v) is 6.49. The van der Waals surface area contributed by atoms with Crippen LogP contribution in [0.4, 0.5) is 0 Å². The Morgan fingerprint density at radius 1 is 1.43 bits per heavy atom. The van der Waals surface area contributed by atoms with Crippen molar-refractivity contribution in [1.29, 1.82) is 0 Å². The first-order chi connectivity index (χ1) is 6.88. The lowest BCUT2D eigenvalue weighted by Crippen LogP contribution is -2.16. The monoisotopic (exact) mass is 207 g/mol. The standard InChI is InChI=1S/C12H17NS/c1-13-12(8-5-6-8)11-7-9-3-2-4-10(9)14-11/h7-8,12-13H,2-6H2,1H3. The minimum Gasteiger partial charge on any atom is -0.312 e. The quantitative estimate of drug-likeness (QED) is 0.803. The van der Waals surface area contributed by atoms with Crippen molar-refractivity contribution in [2.24, 2.45) is 5.92 Å². The van der Waals surface area contributed by atoms with Crippen LogP contribution in [0.15, 0.2) is 6.07 Å². The lowest BCUT2D eigenvalue weighted by Gasteiger charge is -2.12. The molecular weight excluding hydrogens is 190 g/mol. The molecule has 0 aromatic carbocycles. The number of hydrogen-bond acceptors (Lipinski definition) is 2. The van der Waals surface area contributed by atoms with Gasteiger partial charge in [0.15, 0.2) is 0 Å². The summed E-state index contributed by atoms with van der Waals surface area (Å²) >= 11 is 2.06. The molecule has 1 fully saturated rings. The van der Waals surface area contributed by atoms with Gasteiger partial charge < -0.3 is 5.32 Å². The minimum atomic E-state index is 0.658. The highest BCUT2D eigenvalue weighted by atomic mass is 32.1. The van der Waals surface area contributed by atoms with Crippen LogP contribution in [0.2, 0.25) is 0 Å². The molecule has 2 heteroatoms. The summed E-state index contributed by atoms with van der Waals surface area (Å²) in [7, 11) is 2.10. The lowest BCUT2D eigenvalue weighted by atomic mass is 10.1. The van der Waals surface area contributed by atoms with Crippen molar-refractivity contribution in [2.75, 3.05) is 7.05 Å². The van der Waals surface area contributed by atoms with Crippen LogP contribution in [0, 0.1) is 5.92 Å². The van der Waals surface area contributed by atoms with Crippen molar-refractivity contribution in [3.63, 3.8) is 0 Å². The Bertz CT molecular complexity index is 317. The average molecular weight is 207 g/mol. The highest BCUT2D eigenvalue weighted by Crippen LogP contribution is 2.44. The third kappa shape index (κ3) is 1.41. The molecule has 14 heavy (non-hydrogen) atoms. The summed E-state index contributed by atoms with van der Waals surface area (Å²) in [6.07, 6.45) is 6.89. The number of nitrogens with one attached hydrogen (secondary N) is 1. The van der Waals surface area contributed by atoms with Crippen molar-refractivity contribution in [2.45, 2.75) is 38.1 Å². The molecule has 2 aliphatic carbocycles. The Balaban J connectivity index is 1.87. The minimum absolute atomic E-state index is 0.658. The van der Waals surface area contributed by atoms with Gasteiger partial charge >= 0.3 is 0 Å². The maximum Gasteiger partial charge on any atom is 0.0441 e. The van der Waals surface area contributed by atoms with Crippen molar-refractivity contribution < 1.29 is 0 Å². The van der Waals surface area contributed by atoms with Gasteiger partial charge in [0.25, 0.3) is 0 Å². The van der Waals surface area contributed by atoms with E-state index in [2.05, 4.69) is 29.8 Å². The van der Waals surface area contributed by atoms with E-state index < -0.39 is 0 Å². The molecule has 1 nitrogen and oxygen atoms in total. The molecule has 0 saturated heterocycles. The van der Waals surface area contributed by atoms with Crippen LogP contribution in [0.1, 0.15) is 40.6 Å². The summed E-state index contributed by atoms with van der Waals surface area (Å²) in [6.45, 7) is 0. The van der Waals surface area contributed by atoms with Gasteiger partial charge in [-0.25, -0.2) is 0 Å². The second-order valence-corrected chi connectivity index (χ2v) is 5.72. The Kier molecular flexibility index (Phi) is 2.14. The smallest absolute Gasteiger partial charge is 0.0441 e. The van der Waals surface area contributed by atoms with Gasteiger partial charge in [0.05, 0.1) is 0 Å². The highest BCUT2D eigenvalue weighted by molar-refractivity contribution is 7.12. The second kappa shape index (κ2) is 3.35. The average Bonchev–Trinajstić information content (AvgIpc) is 2.75. The zero-order valence-electron chi connectivity index (χ0n) is 8.68. The predicted molar refractivity (Wildman–Crippen MR) is 60.9 cm³/mol. The van der Waals surface area contributed by atoms with E-state index in [4.69, 9.17) is 0 Å². The summed E-state index contributed by atoms with van der Waals surface area (Å²) < 4.78 is 0. The van der Waals surface area contributed by atoms with Crippen LogP contribution in [0.25, 0.3) is 0 Å². The third-order valence-corrected chi connectivity index (χ3v) is 4.80. The Morgan fingerprint density at radius 3 is 2.93 bits per heavy atom. The van der Waals surface area contributed by atoms with Gasteiger partial charge in [-0.15, -0.1) is 11.3 Å². The number of fused-ring (bicyclic) bond motifs is 1. The van der Waals surface area contributed by atoms with E-state index in [1.165, 1.54) is 32.1 Å². The van der Waals surface area contributed by atoms with Crippen molar-refractivity contribution in [1.82, 2.24) is 5.32 Å². The largest absolute Gasteiger partial charge is 0.312 e. The van der Waals surface area contributed by atoms with Gasteiger partial charge in [0.2, 0.25) is 0 Å². The molecule has 0 aliphatic heterocycles. The van der Waals surface area contributed by atoms with E-state index in [9.17, 15) is 0 Å². The van der Waals surface area contributed by atoms with E-state index in [0.717, 1.165) is 5.92 Å². The van der Waals surface area contributed by atoms with Crippen LogP contribution in [-0.2, 0) is 12.8 Å². The topological polar surface area (TPSA) is 12.0 Å². The van der Waals surface area contributed by atoms with Crippen molar-refractivity contribution in [3.05, 3.63) is 21.4 Å². The van der Waals surface area contributed by atoms with E-state index in [1.54, 1.807) is 15.3 Å². The lowest BCUT2D eigenvalue weighted by molar-refractivity contribution is 0.537. The van der Waals surface area contributed by atoms with E-state index >= 15 is 0 Å². The molecule has 0 amide bonds. The van der Waals surface area contributed by atoms with E-state index in [0.29, 0.717) is 6.04 Å².